The highest BCUT2D eigenvalue weighted by atomic mass is 15.7. The molecule has 13 heavy (non-hydrogen) atoms. The van der Waals surface area contributed by atoms with Gasteiger partial charge in [-0.1, -0.05) is 0 Å². The maximum Gasteiger partial charge on any atom is 0.0827 e. The number of hydrogen-bond donors (Lipinski definition) is 1. The molecule has 1 heterocycles. The Morgan fingerprint density at radius 3 is 2.77 bits per heavy atom. The minimum absolute atomic E-state index is 0.0153. The first-order chi connectivity index (χ1) is 6.07. The molecule has 0 aromatic rings. The highest BCUT2D eigenvalue weighted by Gasteiger charge is 2.30. The predicted octanol–water partition coefficient (Wildman–Crippen LogP) is 1.69. The van der Waals surface area contributed by atoms with Crippen LogP contribution >= 0.6 is 0 Å². The maximum absolute atomic E-state index is 4.54. The van der Waals surface area contributed by atoms with E-state index in [2.05, 4.69) is 37.5 Å². The summed E-state index contributed by atoms with van der Waals surface area (Å²) in [6.45, 7) is 6.38. The lowest BCUT2D eigenvalue weighted by molar-refractivity contribution is 0.0929. The molecule has 1 N–H and O–H groups in total. The third-order valence-corrected chi connectivity index (χ3v) is 2.24. The van der Waals surface area contributed by atoms with E-state index >= 15 is 0 Å². The van der Waals surface area contributed by atoms with Gasteiger partial charge in [-0.15, -0.1) is 0 Å². The second-order valence-corrected chi connectivity index (χ2v) is 4.68. The molecule has 1 fully saturated rings. The van der Waals surface area contributed by atoms with Gasteiger partial charge in [0.2, 0.25) is 0 Å². The van der Waals surface area contributed by atoms with E-state index in [1.807, 2.05) is 11.2 Å². The highest BCUT2D eigenvalue weighted by molar-refractivity contribution is 5.98. The Balaban J connectivity index is 2.12. The summed E-state index contributed by atoms with van der Waals surface area (Å²) in [7, 11) is 0. The van der Waals surface area contributed by atoms with E-state index in [9.17, 15) is 0 Å². The molecule has 0 saturated heterocycles. The SMILES string of the molecule is CC(C)(C)N1N=C(C2CC2)C=[C]N1. The average Bonchev–Trinajstić information content (AvgIpc) is 2.85. The number of hydrogen-bond acceptors (Lipinski definition) is 3. The summed E-state index contributed by atoms with van der Waals surface area (Å²) in [5.41, 5.74) is 4.20. The van der Waals surface area contributed by atoms with E-state index in [4.69, 9.17) is 0 Å². The average molecular weight is 178 g/mol. The van der Waals surface area contributed by atoms with Crippen LogP contribution in [0, 0.1) is 12.1 Å². The van der Waals surface area contributed by atoms with Crippen molar-refractivity contribution in [1.29, 1.82) is 0 Å². The van der Waals surface area contributed by atoms with E-state index in [0.29, 0.717) is 5.92 Å². The molecule has 0 unspecified atom stereocenters. The van der Waals surface area contributed by atoms with Crippen molar-refractivity contribution >= 4 is 5.71 Å². The second-order valence-electron chi connectivity index (χ2n) is 4.68. The van der Waals surface area contributed by atoms with Crippen LogP contribution in [0.2, 0.25) is 0 Å². The first kappa shape index (κ1) is 8.60. The molecule has 3 heteroatoms. The summed E-state index contributed by atoms with van der Waals surface area (Å²) in [6.07, 6.45) is 7.56. The van der Waals surface area contributed by atoms with Crippen molar-refractivity contribution in [3.05, 3.63) is 12.3 Å². The Morgan fingerprint density at radius 2 is 2.23 bits per heavy atom. The largest absolute Gasteiger partial charge is 0.280 e. The number of rotatable bonds is 1. The van der Waals surface area contributed by atoms with Gasteiger partial charge in [0.25, 0.3) is 0 Å². The third-order valence-electron chi connectivity index (χ3n) is 2.24. The Kier molecular flexibility index (Phi) is 1.82. The van der Waals surface area contributed by atoms with Crippen LogP contribution in [0.3, 0.4) is 0 Å². The van der Waals surface area contributed by atoms with Crippen LogP contribution in [0.25, 0.3) is 0 Å². The lowest BCUT2D eigenvalue weighted by Crippen LogP contribution is -2.46. The zero-order valence-corrected chi connectivity index (χ0v) is 8.46. The molecule has 1 aliphatic carbocycles. The van der Waals surface area contributed by atoms with E-state index in [-0.39, 0.29) is 5.54 Å². The number of hydrazone groups is 1. The molecule has 2 rings (SSSR count). The summed E-state index contributed by atoms with van der Waals surface area (Å²) in [6, 6.07) is 0. The van der Waals surface area contributed by atoms with Crippen LogP contribution < -0.4 is 5.43 Å². The second kappa shape index (κ2) is 2.76. The van der Waals surface area contributed by atoms with Crippen molar-refractivity contribution in [2.45, 2.75) is 39.2 Å². The van der Waals surface area contributed by atoms with E-state index in [1.54, 1.807) is 0 Å². The van der Waals surface area contributed by atoms with Gasteiger partial charge in [0.15, 0.2) is 0 Å². The van der Waals surface area contributed by atoms with Crippen LogP contribution in [0.15, 0.2) is 11.2 Å². The molecule has 0 bridgehead atoms. The molecule has 0 aromatic heterocycles. The lowest BCUT2D eigenvalue weighted by Gasteiger charge is -2.34. The van der Waals surface area contributed by atoms with E-state index in [0.717, 1.165) is 0 Å². The number of nitrogens with zero attached hydrogens (tertiary/aromatic N) is 2. The number of allylic oxidation sites excluding steroid dienone is 1. The Bertz CT molecular complexity index is 256. The van der Waals surface area contributed by atoms with Crippen molar-refractivity contribution in [2.75, 3.05) is 0 Å². The lowest BCUT2D eigenvalue weighted by atomic mass is 10.1. The van der Waals surface area contributed by atoms with Crippen molar-refractivity contribution in [2.24, 2.45) is 11.0 Å². The summed E-state index contributed by atoms with van der Waals surface area (Å²) >= 11 is 0. The normalized spacial score (nSPS) is 22.7. The van der Waals surface area contributed by atoms with Gasteiger partial charge in [-0.05, 0) is 39.7 Å². The number of nitrogens with one attached hydrogen (secondary N) is 1. The van der Waals surface area contributed by atoms with Gasteiger partial charge in [-0.3, -0.25) is 5.43 Å². The van der Waals surface area contributed by atoms with Crippen LogP contribution in [0.5, 0.6) is 0 Å². The highest BCUT2D eigenvalue weighted by Crippen LogP contribution is 2.32. The van der Waals surface area contributed by atoms with Crippen molar-refractivity contribution in [1.82, 2.24) is 10.5 Å². The molecule has 2 aliphatic rings. The van der Waals surface area contributed by atoms with Gasteiger partial charge in [-0.25, -0.2) is 5.12 Å². The standard InChI is InChI=1S/C10H16N3/c1-10(2,3)13-11-7-6-9(12-13)8-4-5-8/h6,8,11H,4-5H2,1-3H3. The molecular formula is C10H16N3. The van der Waals surface area contributed by atoms with Crippen LogP contribution in [0.4, 0.5) is 0 Å². The topological polar surface area (TPSA) is 27.6 Å². The molecule has 1 saturated carbocycles. The smallest absolute Gasteiger partial charge is 0.0827 e. The monoisotopic (exact) mass is 178 g/mol. The predicted molar refractivity (Wildman–Crippen MR) is 52.7 cm³/mol. The number of hydrazine groups is 1. The zero-order chi connectivity index (χ0) is 9.47. The van der Waals surface area contributed by atoms with Gasteiger partial charge >= 0.3 is 0 Å². The minimum atomic E-state index is 0.0153. The molecule has 1 aliphatic heterocycles. The summed E-state index contributed by atoms with van der Waals surface area (Å²) < 4.78 is 0. The molecule has 1 radical (unpaired) electrons. The van der Waals surface area contributed by atoms with Gasteiger partial charge in [-0.2, -0.15) is 5.10 Å². The zero-order valence-electron chi connectivity index (χ0n) is 8.46. The van der Waals surface area contributed by atoms with Crippen molar-refractivity contribution in [3.63, 3.8) is 0 Å². The molecule has 0 aromatic carbocycles. The quantitative estimate of drug-likeness (QED) is 0.661. The third kappa shape index (κ3) is 1.85. The van der Waals surface area contributed by atoms with Gasteiger partial charge in [0.1, 0.15) is 0 Å². The first-order valence-electron chi connectivity index (χ1n) is 4.80. The van der Waals surface area contributed by atoms with E-state index < -0.39 is 0 Å². The van der Waals surface area contributed by atoms with Crippen molar-refractivity contribution in [3.8, 4) is 0 Å². The summed E-state index contributed by atoms with van der Waals surface area (Å²) in [5.74, 6) is 0.694. The van der Waals surface area contributed by atoms with Crippen LogP contribution in [-0.4, -0.2) is 16.4 Å². The Hall–Kier alpha value is -0.990. The van der Waals surface area contributed by atoms with Crippen LogP contribution in [0.1, 0.15) is 33.6 Å². The molecule has 0 amide bonds. The van der Waals surface area contributed by atoms with Crippen molar-refractivity contribution < 1.29 is 0 Å². The van der Waals surface area contributed by atoms with Gasteiger partial charge in [0.05, 0.1) is 17.5 Å². The molecular weight excluding hydrogens is 162 g/mol. The van der Waals surface area contributed by atoms with Gasteiger partial charge in [0, 0.05) is 5.92 Å². The minimum Gasteiger partial charge on any atom is -0.280 e. The fourth-order valence-electron chi connectivity index (χ4n) is 1.23. The maximum atomic E-state index is 4.54. The Labute approximate surface area is 79.5 Å². The molecule has 0 atom stereocenters. The fraction of sp³-hybridized carbons (Fsp3) is 0.700. The Morgan fingerprint density at radius 1 is 1.54 bits per heavy atom. The van der Waals surface area contributed by atoms with E-state index in [1.165, 1.54) is 18.6 Å². The fourth-order valence-corrected chi connectivity index (χ4v) is 1.23. The summed E-state index contributed by atoms with van der Waals surface area (Å²) in [5, 5.41) is 6.41. The molecule has 71 valence electrons. The molecule has 0 spiro atoms. The molecule has 3 nitrogen and oxygen atoms in total. The van der Waals surface area contributed by atoms with Crippen LogP contribution in [-0.2, 0) is 0 Å². The summed E-state index contributed by atoms with van der Waals surface area (Å²) in [4.78, 5) is 0. The first-order valence-corrected chi connectivity index (χ1v) is 4.80. The van der Waals surface area contributed by atoms with Gasteiger partial charge < -0.3 is 0 Å².